The molecule has 1 aliphatic heterocycles. The van der Waals surface area contributed by atoms with Crippen LogP contribution >= 0.6 is 0 Å². The molecule has 0 radical (unpaired) electrons. The van der Waals surface area contributed by atoms with Gasteiger partial charge in [0.25, 0.3) is 0 Å². The van der Waals surface area contributed by atoms with Gasteiger partial charge in [-0.2, -0.15) is 0 Å². The van der Waals surface area contributed by atoms with Crippen molar-refractivity contribution >= 4 is 28.4 Å². The molecule has 16 heavy (non-hydrogen) atoms. The summed E-state index contributed by atoms with van der Waals surface area (Å²) in [6, 6.07) is 13.5. The van der Waals surface area contributed by atoms with Gasteiger partial charge in [0, 0.05) is 5.69 Å². The maximum Gasteiger partial charge on any atom is 0.0831 e. The van der Waals surface area contributed by atoms with Crippen molar-refractivity contribution in [1.29, 1.82) is 0 Å². The number of para-hydroxylation sites is 2. The topological polar surface area (TPSA) is 67.3 Å². The van der Waals surface area contributed by atoms with Crippen LogP contribution in [0.5, 0.6) is 0 Å². The predicted octanol–water partition coefficient (Wildman–Crippen LogP) is 2.34. The monoisotopic (exact) mass is 212 g/mol. The van der Waals surface area contributed by atoms with Gasteiger partial charge in [0.15, 0.2) is 0 Å². The van der Waals surface area contributed by atoms with Gasteiger partial charge >= 0.3 is 0 Å². The fourth-order valence-corrected chi connectivity index (χ4v) is 1.92. The summed E-state index contributed by atoms with van der Waals surface area (Å²) in [4.78, 5) is 0. The number of nitrogens with zero attached hydrogens (tertiary/aromatic N) is 1. The molecular formula is C12H12N4. The highest BCUT2D eigenvalue weighted by Crippen LogP contribution is 2.41. The summed E-state index contributed by atoms with van der Waals surface area (Å²) in [5, 5.41) is 4.97. The number of fused-ring (bicyclic) bond motifs is 2. The van der Waals surface area contributed by atoms with E-state index in [0.717, 1.165) is 22.7 Å². The van der Waals surface area contributed by atoms with Gasteiger partial charge < -0.3 is 11.1 Å². The van der Waals surface area contributed by atoms with Gasteiger partial charge in [-0.1, -0.05) is 12.1 Å². The molecule has 0 amide bonds. The Balaban J connectivity index is 2.19. The van der Waals surface area contributed by atoms with Crippen molar-refractivity contribution in [3.63, 3.8) is 0 Å². The zero-order valence-corrected chi connectivity index (χ0v) is 8.64. The first-order valence-electron chi connectivity index (χ1n) is 5.06. The largest absolute Gasteiger partial charge is 0.399 e. The number of nitrogen functional groups attached to an aromatic ring is 1. The van der Waals surface area contributed by atoms with E-state index in [1.54, 1.807) is 5.01 Å². The van der Waals surface area contributed by atoms with Crippen LogP contribution < -0.4 is 21.9 Å². The maximum absolute atomic E-state index is 6.06. The summed E-state index contributed by atoms with van der Waals surface area (Å²) in [6.07, 6.45) is 0. The Kier molecular flexibility index (Phi) is 1.78. The predicted molar refractivity (Wildman–Crippen MR) is 66.9 cm³/mol. The van der Waals surface area contributed by atoms with Gasteiger partial charge in [-0.3, -0.25) is 5.01 Å². The molecule has 0 bridgehead atoms. The Labute approximate surface area is 93.4 Å². The van der Waals surface area contributed by atoms with Crippen molar-refractivity contribution in [3.05, 3.63) is 42.5 Å². The van der Waals surface area contributed by atoms with E-state index in [1.807, 2.05) is 42.5 Å². The van der Waals surface area contributed by atoms with Crippen LogP contribution in [0.3, 0.4) is 0 Å². The van der Waals surface area contributed by atoms with Crippen molar-refractivity contribution < 1.29 is 0 Å². The van der Waals surface area contributed by atoms with E-state index in [9.17, 15) is 0 Å². The molecule has 1 aliphatic rings. The third-order valence-corrected chi connectivity index (χ3v) is 2.71. The lowest BCUT2D eigenvalue weighted by molar-refractivity contribution is 1.08. The molecule has 3 rings (SSSR count). The number of anilines is 5. The summed E-state index contributed by atoms with van der Waals surface area (Å²) in [5.41, 5.74) is 10.3. The van der Waals surface area contributed by atoms with Gasteiger partial charge in [0.1, 0.15) is 0 Å². The Morgan fingerprint density at radius 3 is 2.56 bits per heavy atom. The molecule has 4 heteroatoms. The van der Waals surface area contributed by atoms with Crippen LogP contribution in [0, 0.1) is 0 Å². The van der Waals surface area contributed by atoms with Crippen LogP contribution in [0.4, 0.5) is 28.4 Å². The van der Waals surface area contributed by atoms with Crippen LogP contribution in [0.15, 0.2) is 42.5 Å². The minimum Gasteiger partial charge on any atom is -0.399 e. The van der Waals surface area contributed by atoms with Gasteiger partial charge in [-0.25, -0.2) is 5.84 Å². The summed E-state index contributed by atoms with van der Waals surface area (Å²) in [6.45, 7) is 0. The molecule has 4 nitrogen and oxygen atoms in total. The Morgan fingerprint density at radius 1 is 0.938 bits per heavy atom. The lowest BCUT2D eigenvalue weighted by Gasteiger charge is -2.30. The second kappa shape index (κ2) is 3.15. The van der Waals surface area contributed by atoms with Crippen molar-refractivity contribution in [2.45, 2.75) is 0 Å². The first-order valence-corrected chi connectivity index (χ1v) is 5.06. The van der Waals surface area contributed by atoms with E-state index in [4.69, 9.17) is 11.6 Å². The Bertz CT molecular complexity index is 550. The number of hydrogen-bond acceptors (Lipinski definition) is 4. The quantitative estimate of drug-likeness (QED) is 0.463. The molecule has 0 fully saturated rings. The van der Waals surface area contributed by atoms with Crippen LogP contribution in [0.2, 0.25) is 0 Å². The minimum atomic E-state index is 0.704. The average molecular weight is 212 g/mol. The zero-order chi connectivity index (χ0) is 11.1. The molecule has 1 heterocycles. The first-order chi connectivity index (χ1) is 7.75. The second-order valence-corrected chi connectivity index (χ2v) is 3.79. The van der Waals surface area contributed by atoms with Gasteiger partial charge in [-0.15, -0.1) is 0 Å². The van der Waals surface area contributed by atoms with E-state index >= 15 is 0 Å². The number of nitrogens with one attached hydrogen (secondary N) is 1. The molecule has 0 aromatic heterocycles. The van der Waals surface area contributed by atoms with Crippen LogP contribution in [-0.4, -0.2) is 0 Å². The third-order valence-electron chi connectivity index (χ3n) is 2.71. The highest BCUT2D eigenvalue weighted by Gasteiger charge is 2.19. The highest BCUT2D eigenvalue weighted by molar-refractivity contribution is 5.92. The zero-order valence-electron chi connectivity index (χ0n) is 8.64. The molecule has 5 N–H and O–H groups in total. The lowest BCUT2D eigenvalue weighted by Crippen LogP contribution is -2.29. The molecule has 0 unspecified atom stereocenters. The van der Waals surface area contributed by atoms with Crippen LogP contribution in [0.1, 0.15) is 0 Å². The van der Waals surface area contributed by atoms with E-state index in [0.29, 0.717) is 5.69 Å². The van der Waals surface area contributed by atoms with E-state index in [1.165, 1.54) is 0 Å². The number of hydrazine groups is 1. The SMILES string of the molecule is Nc1ccc2c(c1)N(N)c1ccccc1N2. The molecule has 0 spiro atoms. The van der Waals surface area contributed by atoms with E-state index in [-0.39, 0.29) is 0 Å². The van der Waals surface area contributed by atoms with E-state index in [2.05, 4.69) is 5.32 Å². The smallest absolute Gasteiger partial charge is 0.0831 e. The minimum absolute atomic E-state index is 0.704. The Morgan fingerprint density at radius 2 is 1.69 bits per heavy atom. The molecule has 2 aromatic rings. The fourth-order valence-electron chi connectivity index (χ4n) is 1.92. The Hall–Kier alpha value is -2.20. The summed E-state index contributed by atoms with van der Waals surface area (Å²) in [5.74, 6) is 6.06. The first kappa shape index (κ1) is 9.06. The maximum atomic E-state index is 6.06. The average Bonchev–Trinajstić information content (AvgIpc) is 2.31. The number of hydrogen-bond donors (Lipinski definition) is 3. The van der Waals surface area contributed by atoms with Gasteiger partial charge in [-0.05, 0) is 30.3 Å². The molecule has 0 saturated carbocycles. The lowest BCUT2D eigenvalue weighted by atomic mass is 10.1. The molecule has 80 valence electrons. The standard InChI is InChI=1S/C12H12N4/c13-8-5-6-10-12(7-8)16(14)11-4-2-1-3-9(11)15-10/h1-7,15H,13-14H2. The third kappa shape index (κ3) is 1.20. The highest BCUT2D eigenvalue weighted by atomic mass is 15.4. The van der Waals surface area contributed by atoms with Crippen molar-refractivity contribution in [2.24, 2.45) is 5.84 Å². The molecule has 0 saturated heterocycles. The summed E-state index contributed by atoms with van der Waals surface area (Å²) < 4.78 is 0. The molecular weight excluding hydrogens is 200 g/mol. The molecule has 0 aliphatic carbocycles. The number of nitrogens with two attached hydrogens (primary N) is 2. The van der Waals surface area contributed by atoms with Gasteiger partial charge in [0.2, 0.25) is 0 Å². The van der Waals surface area contributed by atoms with E-state index < -0.39 is 0 Å². The molecule has 0 atom stereocenters. The van der Waals surface area contributed by atoms with Crippen molar-refractivity contribution in [3.8, 4) is 0 Å². The number of benzene rings is 2. The normalized spacial score (nSPS) is 12.7. The summed E-state index contributed by atoms with van der Waals surface area (Å²) in [7, 11) is 0. The van der Waals surface area contributed by atoms with Gasteiger partial charge in [0.05, 0.1) is 22.7 Å². The fraction of sp³-hybridized carbons (Fsp3) is 0. The second-order valence-electron chi connectivity index (χ2n) is 3.79. The van der Waals surface area contributed by atoms with Crippen molar-refractivity contribution in [1.82, 2.24) is 0 Å². The summed E-state index contributed by atoms with van der Waals surface area (Å²) >= 11 is 0. The van der Waals surface area contributed by atoms with Crippen molar-refractivity contribution in [2.75, 3.05) is 16.1 Å². The number of rotatable bonds is 0. The molecule has 2 aromatic carbocycles. The van der Waals surface area contributed by atoms with Crippen LogP contribution in [0.25, 0.3) is 0 Å². The van der Waals surface area contributed by atoms with Crippen LogP contribution in [-0.2, 0) is 0 Å².